The first kappa shape index (κ1) is 58.1. The number of anilines is 2. The Labute approximate surface area is 480 Å². The molecule has 2 unspecified atom stereocenters. The number of hydrogen-bond donors (Lipinski definition) is 5. The molecular formula is C68H76N4O10. The Hall–Kier alpha value is -8.52. The highest BCUT2D eigenvalue weighted by Crippen LogP contribution is 2.43. The minimum Gasteiger partial charge on any atom is -0.489 e. The zero-order chi connectivity index (χ0) is 57.2. The Bertz CT molecular complexity index is 3360. The van der Waals surface area contributed by atoms with Gasteiger partial charge in [0.25, 0.3) is 11.8 Å². The van der Waals surface area contributed by atoms with E-state index >= 15 is 0 Å². The van der Waals surface area contributed by atoms with E-state index in [9.17, 15) is 19.2 Å². The number of nitrogens with one attached hydrogen (secondary N) is 4. The van der Waals surface area contributed by atoms with E-state index in [-0.39, 0.29) is 55.8 Å². The third kappa shape index (κ3) is 15.7. The Morgan fingerprint density at radius 2 is 0.951 bits per heavy atom. The number of furan rings is 2. The number of benzene rings is 6. The molecule has 6 aromatic carbocycles. The highest BCUT2D eigenvalue weighted by molar-refractivity contribution is 5.95. The summed E-state index contributed by atoms with van der Waals surface area (Å²) >= 11 is 0. The molecule has 14 nitrogen and oxygen atoms in total. The molecule has 2 aromatic heterocycles. The molecule has 82 heavy (non-hydrogen) atoms. The summed E-state index contributed by atoms with van der Waals surface area (Å²) in [5.41, 5.74) is 9.05. The van der Waals surface area contributed by atoms with Gasteiger partial charge in [-0.1, -0.05) is 99.2 Å². The number of hydrogen-bond acceptors (Lipinski definition) is 11. The molecule has 2 saturated carbocycles. The van der Waals surface area contributed by atoms with E-state index in [1.54, 1.807) is 19.1 Å². The van der Waals surface area contributed by atoms with E-state index in [0.717, 1.165) is 104 Å². The van der Waals surface area contributed by atoms with Gasteiger partial charge in [0, 0.05) is 57.5 Å². The van der Waals surface area contributed by atoms with Crippen LogP contribution in [0.4, 0.5) is 11.4 Å². The van der Waals surface area contributed by atoms with Gasteiger partial charge < -0.3 is 49.4 Å². The van der Waals surface area contributed by atoms with Gasteiger partial charge in [0.1, 0.15) is 47.4 Å². The number of fused-ring (bicyclic) bond motifs is 2. The van der Waals surface area contributed by atoms with Gasteiger partial charge in [0.15, 0.2) is 0 Å². The number of carbonyl (C=O) groups is 4. The quantitative estimate of drug-likeness (QED) is 0.0382. The minimum atomic E-state index is -0.939. The molecular weight excluding hydrogens is 1030 g/mol. The summed E-state index contributed by atoms with van der Waals surface area (Å²) in [6.07, 6.45) is 11.9. The molecule has 2 amide bonds. The average Bonchev–Trinajstić information content (AvgIpc) is 3.55. The average molecular weight is 1110 g/mol. The molecule has 0 spiro atoms. The van der Waals surface area contributed by atoms with Crippen LogP contribution in [-0.2, 0) is 27.5 Å². The van der Waals surface area contributed by atoms with Crippen molar-refractivity contribution >= 4 is 57.1 Å². The van der Waals surface area contributed by atoms with Gasteiger partial charge in [-0.25, -0.2) is 0 Å². The Morgan fingerprint density at radius 3 is 1.35 bits per heavy atom. The monoisotopic (exact) mass is 1110 g/mol. The van der Waals surface area contributed by atoms with Gasteiger partial charge in [-0.05, 0) is 154 Å². The fourth-order valence-electron chi connectivity index (χ4n) is 11.2. The second kappa shape index (κ2) is 28.8. The van der Waals surface area contributed by atoms with Crippen molar-refractivity contribution in [1.29, 1.82) is 0 Å². The first-order valence-electron chi connectivity index (χ1n) is 29.1. The lowest BCUT2D eigenvalue weighted by atomic mass is 9.82. The van der Waals surface area contributed by atoms with Gasteiger partial charge in [0.05, 0.1) is 31.5 Å². The second-order valence-corrected chi connectivity index (χ2v) is 21.5. The van der Waals surface area contributed by atoms with Crippen molar-refractivity contribution in [3.8, 4) is 11.5 Å². The van der Waals surface area contributed by atoms with Crippen molar-refractivity contribution in [3.05, 3.63) is 190 Å². The lowest BCUT2D eigenvalue weighted by Gasteiger charge is -2.31. The maximum absolute atomic E-state index is 12.6. The van der Waals surface area contributed by atoms with Crippen LogP contribution in [0.15, 0.2) is 154 Å². The largest absolute Gasteiger partial charge is 0.489 e. The lowest BCUT2D eigenvalue weighted by molar-refractivity contribution is -0.143. The smallest absolute Gasteiger partial charge is 0.307 e. The summed E-state index contributed by atoms with van der Waals surface area (Å²) in [5, 5.41) is 23.8. The van der Waals surface area contributed by atoms with Crippen LogP contribution in [0.25, 0.3) is 21.9 Å². The maximum atomic E-state index is 12.6. The molecule has 2 fully saturated rings. The molecule has 0 radical (unpaired) electrons. The van der Waals surface area contributed by atoms with Crippen LogP contribution in [0.5, 0.6) is 11.5 Å². The summed E-state index contributed by atoms with van der Waals surface area (Å²) in [7, 11) is 0. The molecule has 0 bridgehead atoms. The Balaban J connectivity index is 0.000000198. The van der Waals surface area contributed by atoms with Crippen LogP contribution in [-0.4, -0.2) is 48.6 Å². The molecule has 2 aliphatic rings. The molecule has 10 rings (SSSR count). The number of aliphatic carboxylic acids is 1. The van der Waals surface area contributed by atoms with Gasteiger partial charge >= 0.3 is 11.9 Å². The van der Waals surface area contributed by atoms with Crippen LogP contribution in [0, 0.1) is 25.7 Å². The molecule has 0 saturated heterocycles. The fourth-order valence-corrected chi connectivity index (χ4v) is 11.2. The fraction of sp³-hybridized carbons (Fsp3) is 0.353. The van der Waals surface area contributed by atoms with Crippen LogP contribution >= 0.6 is 0 Å². The topological polar surface area (TPSA) is 191 Å². The summed E-state index contributed by atoms with van der Waals surface area (Å²) in [6, 6.07) is 47.2. The van der Waals surface area contributed by atoms with Crippen molar-refractivity contribution in [2.24, 2.45) is 11.8 Å². The standard InChI is InChI=1S/C35H40N2O5.C33H36N2O5/c1-3-40-32(38)20-21-36-35(39)27-14-16-28(17-15-27)37-33(26-12-8-5-9-13-26)34-24(2)30-22-29(18-19-31(30)42-34)41-23-25-10-6-4-7-11-25;1-22-28-20-27(39-21-23-8-4-2-5-9-23)16-17-29(28)40-32(22)31(24-10-6-3-7-11-24)35-26-14-12-25(13-15-26)33(38)34-19-18-30(36)37/h4,6-7,10-11,14-19,22,26,33,37H,3,5,8-9,12-13,20-21,23H2,1-2H3,(H,36,39);2,4-5,8-9,12-17,20,24,31,35H,3,6-7,10-11,18-19,21H2,1H3,(H,34,38)(H,36,37). The SMILES string of the molecule is CCOC(=O)CCNC(=O)c1ccc(NC(c2oc3ccc(OCc4ccccc4)cc3c2C)C2CCCCC2)cc1.Cc1c(C(Nc2ccc(C(=O)NCCC(=O)O)cc2)C2CCCCC2)oc2ccc(OCc3ccccc3)cc12. The summed E-state index contributed by atoms with van der Waals surface area (Å²) in [5.74, 6) is 2.65. The minimum absolute atomic E-state index is 0.00312. The van der Waals surface area contributed by atoms with Gasteiger partial charge in [-0.15, -0.1) is 0 Å². The predicted octanol–water partition coefficient (Wildman–Crippen LogP) is 15.0. The van der Waals surface area contributed by atoms with Gasteiger partial charge in [-0.3, -0.25) is 19.2 Å². The summed E-state index contributed by atoms with van der Waals surface area (Å²) in [4.78, 5) is 47.2. The van der Waals surface area contributed by atoms with E-state index in [1.807, 2.05) is 97.1 Å². The number of rotatable bonds is 23. The number of amides is 2. The van der Waals surface area contributed by atoms with Crippen LogP contribution < -0.4 is 30.7 Å². The first-order chi connectivity index (χ1) is 40.0. The van der Waals surface area contributed by atoms with Gasteiger partial charge in [0.2, 0.25) is 0 Å². The van der Waals surface area contributed by atoms with Crippen LogP contribution in [0.3, 0.4) is 0 Å². The first-order valence-corrected chi connectivity index (χ1v) is 29.1. The van der Waals surface area contributed by atoms with Crippen molar-refractivity contribution in [3.63, 3.8) is 0 Å². The van der Waals surface area contributed by atoms with Crippen molar-refractivity contribution < 1.29 is 47.3 Å². The molecule has 8 aromatic rings. The van der Waals surface area contributed by atoms with E-state index in [2.05, 4.69) is 71.5 Å². The number of aryl methyl sites for hydroxylation is 2. The van der Waals surface area contributed by atoms with E-state index in [4.69, 9.17) is 28.2 Å². The zero-order valence-corrected chi connectivity index (χ0v) is 47.3. The van der Waals surface area contributed by atoms with Gasteiger partial charge in [-0.2, -0.15) is 0 Å². The molecule has 5 N–H and O–H groups in total. The van der Waals surface area contributed by atoms with Crippen LogP contribution in [0.2, 0.25) is 0 Å². The second-order valence-electron chi connectivity index (χ2n) is 21.5. The normalized spacial score (nSPS) is 14.4. The van der Waals surface area contributed by atoms with Crippen molar-refractivity contribution in [1.82, 2.24) is 10.6 Å². The highest BCUT2D eigenvalue weighted by atomic mass is 16.5. The molecule has 2 heterocycles. The third-order valence-electron chi connectivity index (χ3n) is 15.7. The van der Waals surface area contributed by atoms with Crippen LogP contribution in [0.1, 0.15) is 151 Å². The predicted molar refractivity (Wildman–Crippen MR) is 320 cm³/mol. The van der Waals surface area contributed by atoms with Crippen molar-refractivity contribution in [2.75, 3.05) is 30.3 Å². The zero-order valence-electron chi connectivity index (χ0n) is 47.3. The number of ether oxygens (including phenoxy) is 3. The Kier molecular flexibility index (Phi) is 20.4. The van der Waals surface area contributed by atoms with E-state index in [1.165, 1.54) is 38.5 Å². The summed E-state index contributed by atoms with van der Waals surface area (Å²) < 4.78 is 30.1. The number of carbonyl (C=O) groups excluding carboxylic acids is 3. The van der Waals surface area contributed by atoms with E-state index in [0.29, 0.717) is 42.8 Å². The Morgan fingerprint density at radius 1 is 0.537 bits per heavy atom. The molecule has 14 heteroatoms. The molecule has 2 aliphatic carbocycles. The van der Waals surface area contributed by atoms with E-state index < -0.39 is 5.97 Å². The van der Waals surface area contributed by atoms with Crippen molar-refractivity contribution in [2.45, 2.75) is 123 Å². The molecule has 428 valence electrons. The summed E-state index contributed by atoms with van der Waals surface area (Å²) in [6.45, 7) is 7.71. The highest BCUT2D eigenvalue weighted by Gasteiger charge is 2.32. The third-order valence-corrected chi connectivity index (χ3v) is 15.7. The number of carboxylic acid groups (broad SMARTS) is 1. The maximum Gasteiger partial charge on any atom is 0.307 e. The number of carboxylic acids is 1. The molecule has 2 atom stereocenters. The lowest BCUT2D eigenvalue weighted by Crippen LogP contribution is -2.26. The molecule has 0 aliphatic heterocycles. The number of esters is 1.